The first kappa shape index (κ1) is 41.0. The van der Waals surface area contributed by atoms with Gasteiger partial charge in [-0.2, -0.15) is 0 Å². The van der Waals surface area contributed by atoms with Gasteiger partial charge in [0.1, 0.15) is 11.5 Å². The second-order valence-corrected chi connectivity index (χ2v) is 19.6. The quantitative estimate of drug-likeness (QED) is 0.0675. The molecule has 44 heavy (non-hydrogen) atoms. The second kappa shape index (κ2) is 26.1. The minimum absolute atomic E-state index is 0.00191. The highest BCUT2D eigenvalue weighted by molar-refractivity contribution is 6.77. The van der Waals surface area contributed by atoms with E-state index in [1.807, 2.05) is 18.2 Å². The van der Waals surface area contributed by atoms with Crippen molar-refractivity contribution in [3.63, 3.8) is 0 Å². The van der Waals surface area contributed by atoms with Crippen LogP contribution >= 0.6 is 0 Å². The molecule has 1 rings (SSSR count). The Bertz CT molecular complexity index is 773. The van der Waals surface area contributed by atoms with Gasteiger partial charge in [0.05, 0.1) is 19.8 Å². The van der Waals surface area contributed by atoms with E-state index in [1.54, 1.807) is 0 Å². The van der Waals surface area contributed by atoms with Crippen molar-refractivity contribution in [2.75, 3.05) is 19.8 Å². The van der Waals surface area contributed by atoms with Gasteiger partial charge in [0, 0.05) is 18.2 Å². The van der Waals surface area contributed by atoms with E-state index in [-0.39, 0.29) is 6.61 Å². The predicted molar refractivity (Wildman–Crippen MR) is 194 cm³/mol. The first-order valence-corrected chi connectivity index (χ1v) is 21.1. The molecule has 4 nitrogen and oxygen atoms in total. The molecule has 5 heteroatoms. The molecule has 0 saturated carbocycles. The number of hydrogen-bond acceptors (Lipinski definition) is 4. The molecular weight excluding hydrogens is 561 g/mol. The minimum Gasteiger partial charge on any atom is -0.493 e. The monoisotopic (exact) mass is 635 g/mol. The largest absolute Gasteiger partial charge is 0.493 e. The van der Waals surface area contributed by atoms with Gasteiger partial charge in [0.25, 0.3) is 0 Å². The third-order valence-electron chi connectivity index (χ3n) is 9.58. The highest BCUT2D eigenvalue weighted by atomic mass is 28.4. The van der Waals surface area contributed by atoms with E-state index in [1.165, 1.54) is 109 Å². The molecule has 0 saturated heterocycles. The van der Waals surface area contributed by atoms with Crippen LogP contribution in [0.25, 0.3) is 0 Å². The zero-order chi connectivity index (χ0) is 32.5. The fourth-order valence-corrected chi connectivity index (χ4v) is 12.5. The Hall–Kier alpha value is -1.04. The minimum atomic E-state index is -1.70. The molecule has 258 valence electrons. The highest BCUT2D eigenvalue weighted by Crippen LogP contribution is 2.42. The number of hydrogen-bond donors (Lipinski definition) is 1. The third kappa shape index (κ3) is 17.0. The molecule has 0 heterocycles. The summed E-state index contributed by atoms with van der Waals surface area (Å²) in [5, 5.41) is 9.73. The zero-order valence-corrected chi connectivity index (χ0v) is 31.4. The van der Waals surface area contributed by atoms with Crippen LogP contribution in [0, 0.1) is 0 Å². The molecule has 0 bridgehead atoms. The number of ether oxygens (including phenoxy) is 2. The lowest BCUT2D eigenvalue weighted by atomic mass is 10.1. The fraction of sp³-hybridized carbons (Fsp3) is 0.846. The Balaban J connectivity index is 2.10. The molecule has 1 aromatic carbocycles. The van der Waals surface area contributed by atoms with Crippen molar-refractivity contribution in [2.24, 2.45) is 0 Å². The fourth-order valence-electron chi connectivity index (χ4n) is 7.04. The maximum absolute atomic E-state index is 9.73. The van der Waals surface area contributed by atoms with E-state index in [0.29, 0.717) is 23.2 Å². The molecule has 0 radical (unpaired) electrons. The summed E-state index contributed by atoms with van der Waals surface area (Å²) in [5.74, 6) is 1.62. The molecule has 0 aliphatic rings. The Morgan fingerprint density at radius 2 is 0.955 bits per heavy atom. The van der Waals surface area contributed by atoms with Gasteiger partial charge in [-0.3, -0.25) is 0 Å². The number of aliphatic hydroxyl groups excluding tert-OH is 1. The molecule has 0 aliphatic heterocycles. The molecule has 0 spiro atoms. The molecule has 0 atom stereocenters. The van der Waals surface area contributed by atoms with Gasteiger partial charge in [0.15, 0.2) is 8.32 Å². The van der Waals surface area contributed by atoms with Gasteiger partial charge in [-0.15, -0.1) is 0 Å². The molecule has 0 aliphatic carbocycles. The SMILES string of the molecule is CCCCCCCCCCCCOc1cc(OCCCCCCCCCCCO[Si](C(C)C)(C(C)C)C(C)C)ccc1CO. The van der Waals surface area contributed by atoms with Gasteiger partial charge >= 0.3 is 0 Å². The van der Waals surface area contributed by atoms with E-state index in [9.17, 15) is 5.11 Å². The normalized spacial score (nSPS) is 12.2. The van der Waals surface area contributed by atoms with E-state index < -0.39 is 8.32 Å². The van der Waals surface area contributed by atoms with Gasteiger partial charge < -0.3 is 19.0 Å². The summed E-state index contributed by atoms with van der Waals surface area (Å²) in [6, 6.07) is 5.86. The van der Waals surface area contributed by atoms with Crippen LogP contribution in [-0.4, -0.2) is 33.2 Å². The van der Waals surface area contributed by atoms with Crippen LogP contribution in [0.15, 0.2) is 18.2 Å². The Morgan fingerprint density at radius 1 is 0.545 bits per heavy atom. The average Bonchev–Trinajstić information content (AvgIpc) is 2.99. The van der Waals surface area contributed by atoms with Crippen molar-refractivity contribution in [3.05, 3.63) is 23.8 Å². The van der Waals surface area contributed by atoms with Gasteiger partial charge in [0.2, 0.25) is 0 Å². The molecule has 0 amide bonds. The van der Waals surface area contributed by atoms with Crippen molar-refractivity contribution >= 4 is 8.32 Å². The molecule has 0 unspecified atom stereocenters. The Morgan fingerprint density at radius 3 is 1.39 bits per heavy atom. The number of unbranched alkanes of at least 4 members (excludes halogenated alkanes) is 17. The van der Waals surface area contributed by atoms with Crippen molar-refractivity contribution in [1.29, 1.82) is 0 Å². The van der Waals surface area contributed by atoms with E-state index in [0.717, 1.165) is 43.1 Å². The zero-order valence-electron chi connectivity index (χ0n) is 30.4. The summed E-state index contributed by atoms with van der Waals surface area (Å²) < 4.78 is 18.8. The lowest BCUT2D eigenvalue weighted by Gasteiger charge is -2.42. The summed E-state index contributed by atoms with van der Waals surface area (Å²) in [5.41, 5.74) is 2.87. The molecule has 0 fully saturated rings. The highest BCUT2D eigenvalue weighted by Gasteiger charge is 2.44. The first-order valence-electron chi connectivity index (χ1n) is 18.9. The smallest absolute Gasteiger partial charge is 0.200 e. The van der Waals surface area contributed by atoms with Crippen LogP contribution in [0.5, 0.6) is 11.5 Å². The van der Waals surface area contributed by atoms with E-state index in [2.05, 4.69) is 48.5 Å². The van der Waals surface area contributed by atoms with Crippen molar-refractivity contribution < 1.29 is 19.0 Å². The molecular formula is C39H74O4Si. The van der Waals surface area contributed by atoms with Crippen LogP contribution in [0.4, 0.5) is 0 Å². The van der Waals surface area contributed by atoms with Crippen molar-refractivity contribution in [2.45, 2.75) is 194 Å². The number of aliphatic hydroxyl groups is 1. The summed E-state index contributed by atoms with van der Waals surface area (Å²) >= 11 is 0. The van der Waals surface area contributed by atoms with Gasteiger partial charge in [-0.1, -0.05) is 151 Å². The Kier molecular flexibility index (Phi) is 24.3. The van der Waals surface area contributed by atoms with Crippen molar-refractivity contribution in [1.82, 2.24) is 0 Å². The number of benzene rings is 1. The van der Waals surface area contributed by atoms with Gasteiger partial charge in [-0.25, -0.2) is 0 Å². The number of rotatable bonds is 30. The Labute approximate surface area is 275 Å². The van der Waals surface area contributed by atoms with Crippen LogP contribution < -0.4 is 9.47 Å². The summed E-state index contributed by atoms with van der Waals surface area (Å²) in [6.07, 6.45) is 24.6. The maximum atomic E-state index is 9.73. The standard InChI is InChI=1S/C39H74O4Si/c1-8-9-10-11-12-13-15-19-22-25-30-42-39-32-38(28-27-37(39)33-40)41-29-24-21-18-16-14-17-20-23-26-31-43-44(34(2)3,35(4)5)36(6)7/h27-28,32,34-36,40H,8-26,29-31,33H2,1-7H3. The lowest BCUT2D eigenvalue weighted by molar-refractivity contribution is 0.257. The van der Waals surface area contributed by atoms with Crippen molar-refractivity contribution in [3.8, 4) is 11.5 Å². The predicted octanol–water partition coefficient (Wildman–Crippen LogP) is 12.6. The topological polar surface area (TPSA) is 47.9 Å². The summed E-state index contributed by atoms with van der Waals surface area (Å²) in [7, 11) is -1.70. The summed E-state index contributed by atoms with van der Waals surface area (Å²) in [6.45, 7) is 18.9. The second-order valence-electron chi connectivity index (χ2n) is 14.2. The first-order chi connectivity index (χ1) is 21.3. The molecule has 1 aromatic rings. The lowest BCUT2D eigenvalue weighted by Crippen LogP contribution is -2.47. The maximum Gasteiger partial charge on any atom is 0.200 e. The van der Waals surface area contributed by atoms with Crippen LogP contribution in [-0.2, 0) is 11.0 Å². The van der Waals surface area contributed by atoms with Gasteiger partial charge in [-0.05, 0) is 48.0 Å². The molecule has 1 N–H and O–H groups in total. The van der Waals surface area contributed by atoms with E-state index in [4.69, 9.17) is 13.9 Å². The summed E-state index contributed by atoms with van der Waals surface area (Å²) in [4.78, 5) is 0. The van der Waals surface area contributed by atoms with Crippen LogP contribution in [0.2, 0.25) is 16.6 Å². The third-order valence-corrected chi connectivity index (χ3v) is 15.7. The van der Waals surface area contributed by atoms with Crippen LogP contribution in [0.3, 0.4) is 0 Å². The average molecular weight is 635 g/mol. The molecule has 0 aromatic heterocycles. The van der Waals surface area contributed by atoms with Crippen LogP contribution in [0.1, 0.15) is 176 Å². The van der Waals surface area contributed by atoms with E-state index >= 15 is 0 Å².